The van der Waals surface area contributed by atoms with Crippen LogP contribution in [0.15, 0.2) is 30.0 Å². The Morgan fingerprint density at radius 3 is 2.85 bits per heavy atom. The third kappa shape index (κ3) is 2.04. The summed E-state index contributed by atoms with van der Waals surface area (Å²) < 4.78 is 13.0. The van der Waals surface area contributed by atoms with Gasteiger partial charge in [0.1, 0.15) is 12.0 Å². The summed E-state index contributed by atoms with van der Waals surface area (Å²) in [4.78, 5) is 27.4. The number of likely N-dealkylation sites (N-methyl/N-ethyl adjacent to an activating group) is 1. The van der Waals surface area contributed by atoms with Gasteiger partial charge in [-0.15, -0.1) is 0 Å². The number of aromatic nitrogens is 1. The highest BCUT2D eigenvalue weighted by atomic mass is 16.5. The number of piperidine rings is 1. The Kier molecular flexibility index (Phi) is 3.49. The second kappa shape index (κ2) is 5.70. The molecule has 1 aromatic heterocycles. The Hall–Kier alpha value is -2.60. The highest BCUT2D eigenvalue weighted by Gasteiger charge is 2.53. The van der Waals surface area contributed by atoms with Crippen molar-refractivity contribution in [2.24, 2.45) is 18.9 Å². The van der Waals surface area contributed by atoms with E-state index in [0.29, 0.717) is 12.2 Å². The van der Waals surface area contributed by atoms with E-state index in [9.17, 15) is 9.59 Å². The van der Waals surface area contributed by atoms with Crippen molar-refractivity contribution in [2.75, 3.05) is 20.8 Å². The predicted molar refractivity (Wildman–Crippen MR) is 99.8 cm³/mol. The fraction of sp³-hybridized carbons (Fsp3) is 0.429. The average molecular weight is 366 g/mol. The summed E-state index contributed by atoms with van der Waals surface area (Å²) in [6, 6.07) is 5.70. The first-order valence-electron chi connectivity index (χ1n) is 9.26. The summed E-state index contributed by atoms with van der Waals surface area (Å²) in [5.74, 6) is 0.972. The molecule has 0 N–H and O–H groups in total. The molecule has 0 saturated carbocycles. The van der Waals surface area contributed by atoms with Crippen LogP contribution in [-0.2, 0) is 16.6 Å². The van der Waals surface area contributed by atoms with E-state index >= 15 is 0 Å². The summed E-state index contributed by atoms with van der Waals surface area (Å²) in [6.45, 7) is 0.476. The number of methoxy groups -OCH3 is 1. The molecule has 1 aromatic carbocycles. The lowest BCUT2D eigenvalue weighted by Crippen LogP contribution is -2.58. The van der Waals surface area contributed by atoms with Gasteiger partial charge in [-0.1, -0.05) is 0 Å². The number of aryl methyl sites for hydroxylation is 1. The van der Waals surface area contributed by atoms with E-state index in [-0.39, 0.29) is 29.7 Å². The third-order valence-corrected chi connectivity index (χ3v) is 6.69. The smallest absolute Gasteiger partial charge is 0.182 e. The molecule has 4 atom stereocenters. The van der Waals surface area contributed by atoms with Crippen molar-refractivity contribution in [1.82, 2.24) is 9.47 Å². The van der Waals surface area contributed by atoms with Gasteiger partial charge in [0.05, 0.1) is 37.6 Å². The van der Waals surface area contributed by atoms with Crippen LogP contribution in [0, 0.1) is 11.8 Å². The summed E-state index contributed by atoms with van der Waals surface area (Å²) in [5, 5.41) is 0.975. The van der Waals surface area contributed by atoms with Crippen LogP contribution >= 0.6 is 0 Å². The van der Waals surface area contributed by atoms with Gasteiger partial charge in [-0.2, -0.15) is 0 Å². The minimum Gasteiger partial charge on any atom is -0.500 e. The standard InChI is InChI=1S/C21H22N2O4/c1-22-16-6-12(26-3)4-5-13(16)18-20(22)17-7-14-11(8-24)9-27-10-15(14)19(21(18)25)23(17)2/h4-6,8-9,14-15,17,19H,7,10H2,1-3H3/t14-,15+,17-,19+/m0/s1. The molecule has 27 heavy (non-hydrogen) atoms. The Bertz CT molecular complexity index is 1010. The van der Waals surface area contributed by atoms with Crippen molar-refractivity contribution in [1.29, 1.82) is 0 Å². The fourth-order valence-electron chi connectivity index (χ4n) is 5.39. The number of rotatable bonds is 2. The number of carbonyl (C=O) groups is 2. The van der Waals surface area contributed by atoms with Crippen LogP contribution in [0.3, 0.4) is 0 Å². The maximum atomic E-state index is 13.6. The largest absolute Gasteiger partial charge is 0.500 e. The minimum absolute atomic E-state index is 0.00519. The molecule has 1 saturated heterocycles. The van der Waals surface area contributed by atoms with E-state index < -0.39 is 0 Å². The number of carbonyl (C=O) groups excluding carboxylic acids is 2. The number of Topliss-reactive ketones (excluding diaryl/α,β-unsaturated/α-hetero) is 1. The van der Waals surface area contributed by atoms with Gasteiger partial charge in [-0.25, -0.2) is 0 Å². The number of hydrogen-bond donors (Lipinski definition) is 0. The number of ether oxygens (including phenoxy) is 2. The lowest BCUT2D eigenvalue weighted by Gasteiger charge is -2.51. The zero-order chi connectivity index (χ0) is 18.9. The summed E-state index contributed by atoms with van der Waals surface area (Å²) >= 11 is 0. The van der Waals surface area contributed by atoms with Gasteiger partial charge in [0.15, 0.2) is 5.78 Å². The van der Waals surface area contributed by atoms with Crippen LogP contribution in [0.5, 0.6) is 5.75 Å². The lowest BCUT2D eigenvalue weighted by molar-refractivity contribution is -0.107. The minimum atomic E-state index is -0.266. The Morgan fingerprint density at radius 1 is 1.30 bits per heavy atom. The molecule has 0 spiro atoms. The van der Waals surface area contributed by atoms with Crippen molar-refractivity contribution in [2.45, 2.75) is 18.5 Å². The van der Waals surface area contributed by atoms with Crippen LogP contribution < -0.4 is 4.74 Å². The van der Waals surface area contributed by atoms with E-state index in [4.69, 9.17) is 9.47 Å². The van der Waals surface area contributed by atoms with E-state index in [1.165, 1.54) is 0 Å². The number of fused-ring (bicyclic) bond motifs is 8. The predicted octanol–water partition coefficient (Wildman–Crippen LogP) is 2.47. The van der Waals surface area contributed by atoms with Gasteiger partial charge in [0.25, 0.3) is 0 Å². The first-order valence-corrected chi connectivity index (χ1v) is 9.26. The third-order valence-electron chi connectivity index (χ3n) is 6.69. The van der Waals surface area contributed by atoms with Crippen LogP contribution in [-0.4, -0.2) is 48.3 Å². The number of nitrogens with zero attached hydrogens (tertiary/aromatic N) is 2. The van der Waals surface area contributed by atoms with Gasteiger partial charge in [-0.05, 0) is 25.6 Å². The Balaban J connectivity index is 1.74. The molecule has 4 heterocycles. The van der Waals surface area contributed by atoms with Gasteiger partial charge in [0.2, 0.25) is 0 Å². The molecular formula is C21H22N2O4. The van der Waals surface area contributed by atoms with Crippen LogP contribution in [0.25, 0.3) is 10.9 Å². The summed E-state index contributed by atoms with van der Waals surface area (Å²) in [6.07, 6.45) is 3.27. The van der Waals surface area contributed by atoms with Gasteiger partial charge < -0.3 is 14.0 Å². The number of allylic oxidation sites excluding steroid dienone is 1. The molecule has 0 amide bonds. The van der Waals surface area contributed by atoms with Gasteiger partial charge >= 0.3 is 0 Å². The molecule has 3 aliphatic rings. The van der Waals surface area contributed by atoms with Crippen molar-refractivity contribution in [3.05, 3.63) is 41.3 Å². The quantitative estimate of drug-likeness (QED) is 0.764. The van der Waals surface area contributed by atoms with Crippen LogP contribution in [0.1, 0.15) is 28.5 Å². The summed E-state index contributed by atoms with van der Waals surface area (Å²) in [7, 11) is 5.67. The maximum absolute atomic E-state index is 13.6. The summed E-state index contributed by atoms with van der Waals surface area (Å²) in [5.41, 5.74) is 3.53. The second-order valence-electron chi connectivity index (χ2n) is 7.77. The number of aldehydes is 1. The molecule has 2 bridgehead atoms. The molecule has 0 unspecified atom stereocenters. The number of benzene rings is 1. The number of ketones is 1. The molecule has 3 aliphatic heterocycles. The lowest BCUT2D eigenvalue weighted by atomic mass is 9.67. The maximum Gasteiger partial charge on any atom is 0.182 e. The first kappa shape index (κ1) is 16.6. The van der Waals surface area contributed by atoms with Crippen molar-refractivity contribution < 1.29 is 19.1 Å². The molecule has 6 heteroatoms. The molecule has 0 radical (unpaired) electrons. The molecule has 140 valence electrons. The van der Waals surface area contributed by atoms with Gasteiger partial charge in [-0.3, -0.25) is 14.5 Å². The normalized spacial score (nSPS) is 29.6. The van der Waals surface area contributed by atoms with Crippen LogP contribution in [0.2, 0.25) is 0 Å². The van der Waals surface area contributed by atoms with Crippen LogP contribution in [0.4, 0.5) is 0 Å². The average Bonchev–Trinajstić information content (AvgIpc) is 2.97. The highest BCUT2D eigenvalue weighted by Crippen LogP contribution is 2.51. The molecule has 2 aromatic rings. The molecule has 1 fully saturated rings. The topological polar surface area (TPSA) is 60.8 Å². The Morgan fingerprint density at radius 2 is 2.11 bits per heavy atom. The van der Waals surface area contributed by atoms with E-state index in [0.717, 1.165) is 40.6 Å². The second-order valence-corrected chi connectivity index (χ2v) is 7.77. The molecule has 6 nitrogen and oxygen atoms in total. The van der Waals surface area contributed by atoms with Crippen molar-refractivity contribution in [3.63, 3.8) is 0 Å². The molecule has 5 rings (SSSR count). The SMILES string of the molecule is COc1ccc2c3c(n(C)c2c1)[C@@H]1C[C@H]2C(C=O)=COC[C@H]2[C@H](C3=O)N1C. The van der Waals surface area contributed by atoms with E-state index in [2.05, 4.69) is 9.47 Å². The monoisotopic (exact) mass is 366 g/mol. The molecular weight excluding hydrogens is 344 g/mol. The first-order chi connectivity index (χ1) is 13.1. The number of hydrogen-bond acceptors (Lipinski definition) is 5. The van der Waals surface area contributed by atoms with Crippen molar-refractivity contribution in [3.8, 4) is 5.75 Å². The molecule has 0 aliphatic carbocycles. The Labute approximate surface area is 157 Å². The zero-order valence-corrected chi connectivity index (χ0v) is 15.6. The highest BCUT2D eigenvalue weighted by molar-refractivity contribution is 6.13. The van der Waals surface area contributed by atoms with Gasteiger partial charge in [0, 0.05) is 47.2 Å². The van der Waals surface area contributed by atoms with E-state index in [1.54, 1.807) is 13.4 Å². The zero-order valence-electron chi connectivity index (χ0n) is 15.6. The van der Waals surface area contributed by atoms with Crippen molar-refractivity contribution >= 4 is 23.0 Å². The van der Waals surface area contributed by atoms with E-state index in [1.807, 2.05) is 32.3 Å². The fourth-order valence-corrected chi connectivity index (χ4v) is 5.39.